The SMILES string of the molecule is O=C(NCCc1cccc(C(F)(F)F)c1)c1cn(Cc2ccc(F)cc2)nn1. The first-order valence-corrected chi connectivity index (χ1v) is 8.40. The molecule has 0 aliphatic heterocycles. The molecule has 0 saturated heterocycles. The number of hydrogen-bond donors (Lipinski definition) is 1. The van der Waals surface area contributed by atoms with Gasteiger partial charge in [0.05, 0.1) is 18.3 Å². The van der Waals surface area contributed by atoms with Crippen LogP contribution in [-0.4, -0.2) is 27.4 Å². The molecular weight excluding hydrogens is 376 g/mol. The molecule has 1 amide bonds. The molecule has 0 aliphatic rings. The van der Waals surface area contributed by atoms with Crippen molar-refractivity contribution in [3.8, 4) is 0 Å². The van der Waals surface area contributed by atoms with Crippen LogP contribution < -0.4 is 5.32 Å². The minimum absolute atomic E-state index is 0.0890. The van der Waals surface area contributed by atoms with Gasteiger partial charge in [-0.1, -0.05) is 35.5 Å². The lowest BCUT2D eigenvalue weighted by molar-refractivity contribution is -0.137. The van der Waals surface area contributed by atoms with Gasteiger partial charge in [-0.15, -0.1) is 5.10 Å². The molecule has 0 atom stereocenters. The maximum atomic E-state index is 12.9. The minimum Gasteiger partial charge on any atom is -0.350 e. The molecule has 3 rings (SSSR count). The highest BCUT2D eigenvalue weighted by molar-refractivity contribution is 5.91. The van der Waals surface area contributed by atoms with Crippen molar-refractivity contribution in [2.24, 2.45) is 0 Å². The molecule has 1 heterocycles. The highest BCUT2D eigenvalue weighted by atomic mass is 19.4. The summed E-state index contributed by atoms with van der Waals surface area (Å²) >= 11 is 0. The number of hydrogen-bond acceptors (Lipinski definition) is 3. The second-order valence-electron chi connectivity index (χ2n) is 6.13. The molecular formula is C19H16F4N4O. The summed E-state index contributed by atoms with van der Waals surface area (Å²) in [6.45, 7) is 0.482. The Labute approximate surface area is 158 Å². The van der Waals surface area contributed by atoms with Crippen molar-refractivity contribution < 1.29 is 22.4 Å². The van der Waals surface area contributed by atoms with Crippen molar-refractivity contribution in [3.63, 3.8) is 0 Å². The Morgan fingerprint density at radius 2 is 1.82 bits per heavy atom. The summed E-state index contributed by atoms with van der Waals surface area (Å²) in [5.74, 6) is -0.819. The number of carbonyl (C=O) groups excluding carboxylic acids is 1. The number of amides is 1. The maximum absolute atomic E-state index is 12.9. The van der Waals surface area contributed by atoms with Gasteiger partial charge in [0, 0.05) is 6.54 Å². The van der Waals surface area contributed by atoms with E-state index in [2.05, 4.69) is 15.6 Å². The standard InChI is InChI=1S/C19H16F4N4O/c20-16-6-4-14(5-7-16)11-27-12-17(25-26-27)18(28)24-9-8-13-2-1-3-15(10-13)19(21,22)23/h1-7,10,12H,8-9,11H2,(H,24,28). The molecule has 0 radical (unpaired) electrons. The zero-order valence-electron chi connectivity index (χ0n) is 14.6. The molecule has 1 aromatic heterocycles. The number of rotatable bonds is 6. The normalized spacial score (nSPS) is 11.4. The van der Waals surface area contributed by atoms with Gasteiger partial charge in [-0.2, -0.15) is 13.2 Å². The van der Waals surface area contributed by atoms with Crippen molar-refractivity contribution in [2.45, 2.75) is 19.1 Å². The van der Waals surface area contributed by atoms with Gasteiger partial charge in [-0.3, -0.25) is 4.79 Å². The lowest BCUT2D eigenvalue weighted by atomic mass is 10.1. The van der Waals surface area contributed by atoms with Crippen LogP contribution in [0.3, 0.4) is 0 Å². The van der Waals surface area contributed by atoms with Crippen molar-refractivity contribution in [1.29, 1.82) is 0 Å². The number of carbonyl (C=O) groups is 1. The molecule has 0 bridgehead atoms. The molecule has 0 fully saturated rings. The smallest absolute Gasteiger partial charge is 0.350 e. The Morgan fingerprint density at radius 3 is 2.54 bits per heavy atom. The predicted molar refractivity (Wildman–Crippen MR) is 93.0 cm³/mol. The molecule has 0 saturated carbocycles. The van der Waals surface area contributed by atoms with Crippen molar-refractivity contribution >= 4 is 5.91 Å². The summed E-state index contributed by atoms with van der Waals surface area (Å²) in [5.41, 5.74) is 0.629. The third-order valence-electron chi connectivity index (χ3n) is 3.98. The summed E-state index contributed by atoms with van der Waals surface area (Å²) in [6, 6.07) is 10.8. The molecule has 1 N–H and O–H groups in total. The van der Waals surface area contributed by atoms with E-state index in [1.54, 1.807) is 18.2 Å². The first kappa shape index (κ1) is 19.5. The average molecular weight is 392 g/mol. The lowest BCUT2D eigenvalue weighted by Gasteiger charge is -2.09. The van der Waals surface area contributed by atoms with Crippen LogP contribution in [0.5, 0.6) is 0 Å². The maximum Gasteiger partial charge on any atom is 0.416 e. The van der Waals surface area contributed by atoms with E-state index in [1.165, 1.54) is 29.1 Å². The molecule has 0 aliphatic carbocycles. The highest BCUT2D eigenvalue weighted by Crippen LogP contribution is 2.29. The first-order valence-electron chi connectivity index (χ1n) is 8.40. The van der Waals surface area contributed by atoms with Crippen molar-refractivity contribution in [1.82, 2.24) is 20.3 Å². The first-order chi connectivity index (χ1) is 13.3. The van der Waals surface area contributed by atoms with Crippen LogP contribution in [0, 0.1) is 5.82 Å². The number of aromatic nitrogens is 3. The summed E-state index contributed by atoms with van der Waals surface area (Å²) in [7, 11) is 0. The summed E-state index contributed by atoms with van der Waals surface area (Å²) < 4.78 is 52.5. The van der Waals surface area contributed by atoms with Gasteiger partial charge in [0.15, 0.2) is 5.69 Å². The van der Waals surface area contributed by atoms with Gasteiger partial charge in [0.1, 0.15) is 5.82 Å². The van der Waals surface area contributed by atoms with Crippen LogP contribution in [0.2, 0.25) is 0 Å². The second-order valence-corrected chi connectivity index (χ2v) is 6.13. The molecule has 146 valence electrons. The van der Waals surface area contributed by atoms with E-state index < -0.39 is 17.6 Å². The van der Waals surface area contributed by atoms with Gasteiger partial charge >= 0.3 is 6.18 Å². The second kappa shape index (κ2) is 8.20. The summed E-state index contributed by atoms with van der Waals surface area (Å²) in [4.78, 5) is 12.1. The molecule has 9 heteroatoms. The fourth-order valence-corrected chi connectivity index (χ4v) is 2.57. The van der Waals surface area contributed by atoms with Gasteiger partial charge in [0.25, 0.3) is 5.91 Å². The number of benzene rings is 2. The fourth-order valence-electron chi connectivity index (χ4n) is 2.57. The monoisotopic (exact) mass is 392 g/mol. The van der Waals surface area contributed by atoms with E-state index in [-0.39, 0.29) is 24.5 Å². The summed E-state index contributed by atoms with van der Waals surface area (Å²) in [6.07, 6.45) is -2.70. The van der Waals surface area contributed by atoms with E-state index in [4.69, 9.17) is 0 Å². The zero-order valence-corrected chi connectivity index (χ0v) is 14.6. The molecule has 0 spiro atoms. The van der Waals surface area contributed by atoms with Gasteiger partial charge < -0.3 is 5.32 Å². The van der Waals surface area contributed by atoms with E-state index >= 15 is 0 Å². The fraction of sp³-hybridized carbons (Fsp3) is 0.211. The van der Waals surface area contributed by atoms with Crippen LogP contribution in [0.25, 0.3) is 0 Å². The van der Waals surface area contributed by atoms with E-state index in [9.17, 15) is 22.4 Å². The largest absolute Gasteiger partial charge is 0.416 e. The van der Waals surface area contributed by atoms with Crippen molar-refractivity contribution in [2.75, 3.05) is 6.54 Å². The Kier molecular flexibility index (Phi) is 5.72. The average Bonchev–Trinajstić information content (AvgIpc) is 3.12. The van der Waals surface area contributed by atoms with Crippen LogP contribution in [0.4, 0.5) is 17.6 Å². The Morgan fingerprint density at radius 1 is 1.07 bits per heavy atom. The van der Waals surface area contributed by atoms with Gasteiger partial charge in [0.2, 0.25) is 0 Å². The van der Waals surface area contributed by atoms with Gasteiger partial charge in [-0.25, -0.2) is 9.07 Å². The van der Waals surface area contributed by atoms with Crippen molar-refractivity contribution in [3.05, 3.63) is 82.9 Å². The highest BCUT2D eigenvalue weighted by Gasteiger charge is 2.30. The Bertz CT molecular complexity index is 951. The summed E-state index contributed by atoms with van der Waals surface area (Å²) in [5, 5.41) is 10.2. The van der Waals surface area contributed by atoms with Crippen LogP contribution in [0.1, 0.15) is 27.2 Å². The topological polar surface area (TPSA) is 59.8 Å². The molecule has 0 unspecified atom stereocenters. The number of nitrogens with zero attached hydrogens (tertiary/aromatic N) is 3. The minimum atomic E-state index is -4.40. The number of halogens is 4. The molecule has 28 heavy (non-hydrogen) atoms. The van der Waals surface area contributed by atoms with E-state index in [0.29, 0.717) is 12.1 Å². The predicted octanol–water partition coefficient (Wildman–Crippen LogP) is 3.46. The van der Waals surface area contributed by atoms with Crippen LogP contribution in [-0.2, 0) is 19.1 Å². The quantitative estimate of drug-likeness (QED) is 0.654. The number of alkyl halides is 3. The van der Waals surface area contributed by atoms with Crippen LogP contribution in [0.15, 0.2) is 54.7 Å². The Hall–Kier alpha value is -3.23. The molecule has 5 nitrogen and oxygen atoms in total. The van der Waals surface area contributed by atoms with Gasteiger partial charge in [-0.05, 0) is 35.7 Å². The van der Waals surface area contributed by atoms with E-state index in [1.807, 2.05) is 0 Å². The molecule has 2 aromatic carbocycles. The molecule has 3 aromatic rings. The lowest BCUT2D eigenvalue weighted by Crippen LogP contribution is -2.26. The van der Waals surface area contributed by atoms with E-state index in [0.717, 1.165) is 17.7 Å². The zero-order chi connectivity index (χ0) is 20.1. The number of nitrogens with one attached hydrogen (secondary N) is 1. The Balaban J connectivity index is 1.53. The third-order valence-corrected chi connectivity index (χ3v) is 3.98. The van der Waals surface area contributed by atoms with Crippen LogP contribution >= 0.6 is 0 Å². The third kappa shape index (κ3) is 5.15.